The Hall–Kier alpha value is -2.05. The highest BCUT2D eigenvalue weighted by molar-refractivity contribution is 5.82. The minimum absolute atomic E-state index is 0.138. The number of nitrogens with zero attached hydrogens (tertiary/aromatic N) is 1. The van der Waals surface area contributed by atoms with Crippen molar-refractivity contribution in [2.45, 2.75) is 38.5 Å². The SMILES string of the molecule is CC(=O)NCCCN(CCCNCCCNC(=O)C(F)(F)F)C(=O)C(F)(F)F. The van der Waals surface area contributed by atoms with Crippen molar-refractivity contribution in [1.29, 1.82) is 0 Å². The molecular weight excluding hydrogens is 398 g/mol. The maximum atomic E-state index is 12.6. The van der Waals surface area contributed by atoms with E-state index < -0.39 is 24.2 Å². The zero-order valence-corrected chi connectivity index (χ0v) is 15.3. The van der Waals surface area contributed by atoms with E-state index in [4.69, 9.17) is 0 Å². The van der Waals surface area contributed by atoms with Crippen LogP contribution in [0.3, 0.4) is 0 Å². The lowest BCUT2D eigenvalue weighted by atomic mass is 10.3. The molecule has 0 aromatic heterocycles. The molecule has 0 radical (unpaired) electrons. The molecule has 0 aromatic rings. The van der Waals surface area contributed by atoms with E-state index in [1.54, 1.807) is 5.32 Å². The molecule has 0 fully saturated rings. The van der Waals surface area contributed by atoms with Gasteiger partial charge in [-0.05, 0) is 32.4 Å². The van der Waals surface area contributed by atoms with Gasteiger partial charge >= 0.3 is 24.2 Å². The molecule has 0 saturated heterocycles. The van der Waals surface area contributed by atoms with E-state index in [9.17, 15) is 40.7 Å². The summed E-state index contributed by atoms with van der Waals surface area (Å²) in [5, 5.41) is 6.91. The Balaban J connectivity index is 4.08. The van der Waals surface area contributed by atoms with Crippen LogP contribution in [-0.2, 0) is 14.4 Å². The van der Waals surface area contributed by atoms with Crippen molar-refractivity contribution in [3.05, 3.63) is 0 Å². The molecule has 0 aliphatic heterocycles. The van der Waals surface area contributed by atoms with Crippen molar-refractivity contribution in [2.75, 3.05) is 39.3 Å². The van der Waals surface area contributed by atoms with E-state index in [-0.39, 0.29) is 64.4 Å². The molecule has 0 aliphatic carbocycles. The molecule has 0 rings (SSSR count). The molecule has 0 unspecified atom stereocenters. The molecule has 13 heteroatoms. The highest BCUT2D eigenvalue weighted by Gasteiger charge is 2.42. The topological polar surface area (TPSA) is 90.5 Å². The standard InChI is InChI=1S/C15H24F6N4O3/c1-11(26)23-8-4-10-25(13(28)15(19,20)21)9-3-6-22-5-2-7-24-12(27)14(16,17)18/h22H,2-10H2,1H3,(H,23,26)(H,24,27). The van der Waals surface area contributed by atoms with Crippen molar-refractivity contribution in [3.8, 4) is 0 Å². The van der Waals surface area contributed by atoms with E-state index in [1.807, 2.05) is 0 Å². The fourth-order valence-electron chi connectivity index (χ4n) is 2.06. The van der Waals surface area contributed by atoms with Crippen LogP contribution in [-0.4, -0.2) is 74.2 Å². The highest BCUT2D eigenvalue weighted by Crippen LogP contribution is 2.18. The quantitative estimate of drug-likeness (QED) is 0.323. The van der Waals surface area contributed by atoms with Gasteiger partial charge in [0.15, 0.2) is 0 Å². The molecule has 0 spiro atoms. The van der Waals surface area contributed by atoms with Gasteiger partial charge in [-0.3, -0.25) is 14.4 Å². The van der Waals surface area contributed by atoms with Gasteiger partial charge in [-0.25, -0.2) is 0 Å². The van der Waals surface area contributed by atoms with Gasteiger partial charge in [0.2, 0.25) is 5.91 Å². The smallest absolute Gasteiger partial charge is 0.356 e. The van der Waals surface area contributed by atoms with Gasteiger partial charge in [0.1, 0.15) is 0 Å². The number of hydrogen-bond acceptors (Lipinski definition) is 4. The predicted molar refractivity (Wildman–Crippen MR) is 87.1 cm³/mol. The van der Waals surface area contributed by atoms with Crippen molar-refractivity contribution in [3.63, 3.8) is 0 Å². The molecule has 0 saturated carbocycles. The summed E-state index contributed by atoms with van der Waals surface area (Å²) in [6.07, 6.45) is -9.39. The zero-order valence-electron chi connectivity index (χ0n) is 15.3. The van der Waals surface area contributed by atoms with Crippen LogP contribution in [0, 0.1) is 0 Å². The lowest BCUT2D eigenvalue weighted by Crippen LogP contribution is -2.43. The average Bonchev–Trinajstić information content (AvgIpc) is 2.56. The van der Waals surface area contributed by atoms with Crippen LogP contribution >= 0.6 is 0 Å². The minimum atomic E-state index is -5.00. The molecule has 0 atom stereocenters. The number of nitrogens with one attached hydrogen (secondary N) is 3. The number of carbonyl (C=O) groups excluding carboxylic acids is 3. The molecule has 164 valence electrons. The Labute approximate surface area is 158 Å². The third kappa shape index (κ3) is 12.4. The summed E-state index contributed by atoms with van der Waals surface area (Å²) in [5.41, 5.74) is 0. The lowest BCUT2D eigenvalue weighted by molar-refractivity contribution is -0.185. The van der Waals surface area contributed by atoms with Crippen LogP contribution in [0.1, 0.15) is 26.2 Å². The predicted octanol–water partition coefficient (Wildman–Crippen LogP) is 0.952. The second kappa shape index (κ2) is 12.4. The van der Waals surface area contributed by atoms with Gasteiger partial charge in [-0.1, -0.05) is 0 Å². The van der Waals surface area contributed by atoms with E-state index in [1.165, 1.54) is 6.92 Å². The van der Waals surface area contributed by atoms with E-state index in [0.717, 1.165) is 0 Å². The zero-order chi connectivity index (χ0) is 21.8. The lowest BCUT2D eigenvalue weighted by Gasteiger charge is -2.24. The summed E-state index contributed by atoms with van der Waals surface area (Å²) < 4.78 is 73.6. The first-order valence-corrected chi connectivity index (χ1v) is 8.52. The summed E-state index contributed by atoms with van der Waals surface area (Å²) in [6.45, 7) is 1.33. The highest BCUT2D eigenvalue weighted by atomic mass is 19.4. The first-order valence-electron chi connectivity index (χ1n) is 8.52. The van der Waals surface area contributed by atoms with Crippen LogP contribution in [0.15, 0.2) is 0 Å². The summed E-state index contributed by atoms with van der Waals surface area (Å²) >= 11 is 0. The number of alkyl halides is 6. The molecule has 0 aromatic carbocycles. The van der Waals surface area contributed by atoms with Crippen LogP contribution in [0.4, 0.5) is 26.3 Å². The van der Waals surface area contributed by atoms with E-state index in [0.29, 0.717) is 4.90 Å². The molecule has 3 N–H and O–H groups in total. The number of rotatable bonds is 12. The Morgan fingerprint density at radius 3 is 1.75 bits per heavy atom. The Morgan fingerprint density at radius 1 is 0.750 bits per heavy atom. The summed E-state index contributed by atoms with van der Waals surface area (Å²) in [7, 11) is 0. The summed E-state index contributed by atoms with van der Waals surface area (Å²) in [6, 6.07) is 0. The van der Waals surface area contributed by atoms with Crippen LogP contribution < -0.4 is 16.0 Å². The van der Waals surface area contributed by atoms with Crippen molar-refractivity contribution >= 4 is 17.7 Å². The molecule has 0 bridgehead atoms. The van der Waals surface area contributed by atoms with Gasteiger partial charge < -0.3 is 20.9 Å². The van der Waals surface area contributed by atoms with Gasteiger partial charge in [-0.15, -0.1) is 0 Å². The molecule has 7 nitrogen and oxygen atoms in total. The molecule has 3 amide bonds. The van der Waals surface area contributed by atoms with E-state index >= 15 is 0 Å². The number of halogens is 6. The van der Waals surface area contributed by atoms with Crippen LogP contribution in [0.5, 0.6) is 0 Å². The summed E-state index contributed by atoms with van der Waals surface area (Å²) in [4.78, 5) is 33.3. The second-order valence-corrected chi connectivity index (χ2v) is 5.84. The molecular formula is C15H24F6N4O3. The maximum absolute atomic E-state index is 12.6. The number of carbonyl (C=O) groups is 3. The van der Waals surface area contributed by atoms with Crippen molar-refractivity contribution in [2.24, 2.45) is 0 Å². The molecule has 0 heterocycles. The Kier molecular flexibility index (Phi) is 11.5. The van der Waals surface area contributed by atoms with Gasteiger partial charge in [0, 0.05) is 33.1 Å². The normalized spacial score (nSPS) is 11.8. The monoisotopic (exact) mass is 422 g/mol. The largest absolute Gasteiger partial charge is 0.471 e. The first kappa shape index (κ1) is 26.0. The minimum Gasteiger partial charge on any atom is -0.356 e. The Morgan fingerprint density at radius 2 is 1.25 bits per heavy atom. The van der Waals surface area contributed by atoms with Gasteiger partial charge in [0.05, 0.1) is 0 Å². The number of hydrogen-bond donors (Lipinski definition) is 3. The fraction of sp³-hybridized carbons (Fsp3) is 0.800. The first-order chi connectivity index (χ1) is 12.9. The number of amides is 3. The van der Waals surface area contributed by atoms with Crippen molar-refractivity contribution in [1.82, 2.24) is 20.9 Å². The third-order valence-corrected chi connectivity index (χ3v) is 3.36. The fourth-order valence-corrected chi connectivity index (χ4v) is 2.06. The Bertz CT molecular complexity index is 511. The summed E-state index contributed by atoms with van der Waals surface area (Å²) in [5.74, 6) is -4.33. The maximum Gasteiger partial charge on any atom is 0.471 e. The van der Waals surface area contributed by atoms with Crippen LogP contribution in [0.25, 0.3) is 0 Å². The second-order valence-electron chi connectivity index (χ2n) is 5.84. The molecule has 28 heavy (non-hydrogen) atoms. The van der Waals surface area contributed by atoms with Gasteiger partial charge in [0.25, 0.3) is 0 Å². The van der Waals surface area contributed by atoms with E-state index in [2.05, 4.69) is 10.6 Å². The van der Waals surface area contributed by atoms with Crippen molar-refractivity contribution < 1.29 is 40.7 Å². The average molecular weight is 422 g/mol. The third-order valence-electron chi connectivity index (χ3n) is 3.36. The van der Waals surface area contributed by atoms with Gasteiger partial charge in [-0.2, -0.15) is 26.3 Å². The van der Waals surface area contributed by atoms with Crippen LogP contribution in [0.2, 0.25) is 0 Å². The molecule has 0 aliphatic rings.